The molecular formula is C18H22N4O. The van der Waals surface area contributed by atoms with Gasteiger partial charge >= 0.3 is 0 Å². The lowest BCUT2D eigenvalue weighted by Crippen LogP contribution is -2.25. The van der Waals surface area contributed by atoms with Crippen LogP contribution in [0.15, 0.2) is 30.5 Å². The lowest BCUT2D eigenvalue weighted by atomic mass is 10.1. The Kier molecular flexibility index (Phi) is 3.94. The highest BCUT2D eigenvalue weighted by Crippen LogP contribution is 2.17. The van der Waals surface area contributed by atoms with Crippen molar-refractivity contribution in [2.75, 3.05) is 6.54 Å². The van der Waals surface area contributed by atoms with E-state index >= 15 is 0 Å². The van der Waals surface area contributed by atoms with Crippen molar-refractivity contribution in [3.05, 3.63) is 53.0 Å². The summed E-state index contributed by atoms with van der Waals surface area (Å²) in [7, 11) is 3.94. The third-order valence-electron chi connectivity index (χ3n) is 4.47. The molecule has 0 aliphatic heterocycles. The quantitative estimate of drug-likeness (QED) is 0.805. The average Bonchev–Trinajstić information content (AvgIpc) is 3.01. The minimum Gasteiger partial charge on any atom is -0.352 e. The van der Waals surface area contributed by atoms with Crippen LogP contribution in [-0.2, 0) is 20.5 Å². The SMILES string of the molecule is Cc1nn(C)c(C)c1CCNC(=O)c1ccc2c(ccn2C)c1. The second kappa shape index (κ2) is 5.91. The molecule has 0 unspecified atom stereocenters. The second-order valence-corrected chi connectivity index (χ2v) is 5.98. The van der Waals surface area contributed by atoms with E-state index in [1.165, 1.54) is 5.56 Å². The predicted octanol–water partition coefficient (Wildman–Crippen LogP) is 2.50. The number of amides is 1. The van der Waals surface area contributed by atoms with Crippen molar-refractivity contribution in [2.24, 2.45) is 14.1 Å². The van der Waals surface area contributed by atoms with Gasteiger partial charge in [0.25, 0.3) is 5.91 Å². The molecule has 0 saturated carbocycles. The highest BCUT2D eigenvalue weighted by Gasteiger charge is 2.11. The molecule has 0 aliphatic rings. The van der Waals surface area contributed by atoms with Gasteiger partial charge in [0.2, 0.25) is 0 Å². The number of benzene rings is 1. The predicted molar refractivity (Wildman–Crippen MR) is 91.6 cm³/mol. The van der Waals surface area contributed by atoms with Gasteiger partial charge in [-0.05, 0) is 50.1 Å². The molecule has 0 aliphatic carbocycles. The number of carbonyl (C=O) groups is 1. The molecule has 1 amide bonds. The van der Waals surface area contributed by atoms with E-state index in [0.717, 1.165) is 28.7 Å². The first-order chi connectivity index (χ1) is 11.0. The summed E-state index contributed by atoms with van der Waals surface area (Å²) in [4.78, 5) is 12.3. The first kappa shape index (κ1) is 15.3. The molecule has 0 saturated heterocycles. The highest BCUT2D eigenvalue weighted by molar-refractivity contribution is 5.98. The zero-order valence-electron chi connectivity index (χ0n) is 14.1. The maximum atomic E-state index is 12.3. The molecule has 23 heavy (non-hydrogen) atoms. The van der Waals surface area contributed by atoms with Crippen LogP contribution >= 0.6 is 0 Å². The van der Waals surface area contributed by atoms with Gasteiger partial charge in [0.15, 0.2) is 0 Å². The van der Waals surface area contributed by atoms with Crippen LogP contribution in [0.25, 0.3) is 10.9 Å². The Balaban J connectivity index is 1.66. The van der Waals surface area contributed by atoms with Crippen molar-refractivity contribution in [1.82, 2.24) is 19.7 Å². The van der Waals surface area contributed by atoms with Crippen LogP contribution in [0, 0.1) is 13.8 Å². The standard InChI is InChI=1S/C18H22N4O/c1-12-16(13(2)22(4)20-12)7-9-19-18(23)15-5-6-17-14(11-15)8-10-21(17)3/h5-6,8,10-11H,7,9H2,1-4H3,(H,19,23). The van der Waals surface area contributed by atoms with Gasteiger partial charge in [-0.3, -0.25) is 9.48 Å². The summed E-state index contributed by atoms with van der Waals surface area (Å²) < 4.78 is 3.93. The normalized spacial score (nSPS) is 11.1. The van der Waals surface area contributed by atoms with Gasteiger partial charge in [-0.1, -0.05) is 0 Å². The van der Waals surface area contributed by atoms with Crippen LogP contribution in [0.5, 0.6) is 0 Å². The third-order valence-corrected chi connectivity index (χ3v) is 4.47. The lowest BCUT2D eigenvalue weighted by molar-refractivity contribution is 0.0954. The van der Waals surface area contributed by atoms with E-state index in [1.807, 2.05) is 60.7 Å². The Hall–Kier alpha value is -2.56. The molecule has 2 heterocycles. The van der Waals surface area contributed by atoms with E-state index in [9.17, 15) is 4.79 Å². The maximum Gasteiger partial charge on any atom is 0.251 e. The number of rotatable bonds is 4. The summed E-state index contributed by atoms with van der Waals surface area (Å²) in [6, 6.07) is 7.82. The minimum absolute atomic E-state index is 0.0325. The van der Waals surface area contributed by atoms with Crippen LogP contribution in [-0.4, -0.2) is 26.8 Å². The molecule has 5 nitrogen and oxygen atoms in total. The van der Waals surface area contributed by atoms with E-state index in [4.69, 9.17) is 0 Å². The molecule has 1 N–H and O–H groups in total. The Morgan fingerprint density at radius 3 is 2.70 bits per heavy atom. The van der Waals surface area contributed by atoms with Gasteiger partial charge < -0.3 is 9.88 Å². The molecule has 0 atom stereocenters. The van der Waals surface area contributed by atoms with Crippen molar-refractivity contribution >= 4 is 16.8 Å². The molecule has 2 aromatic heterocycles. The summed E-state index contributed by atoms with van der Waals surface area (Å²) in [5, 5.41) is 8.49. The van der Waals surface area contributed by atoms with Gasteiger partial charge in [-0.15, -0.1) is 0 Å². The first-order valence-corrected chi connectivity index (χ1v) is 7.79. The lowest BCUT2D eigenvalue weighted by Gasteiger charge is -2.06. The van der Waals surface area contributed by atoms with E-state index in [0.29, 0.717) is 12.1 Å². The number of hydrogen-bond acceptors (Lipinski definition) is 2. The molecule has 0 radical (unpaired) electrons. The van der Waals surface area contributed by atoms with E-state index in [2.05, 4.69) is 17.3 Å². The van der Waals surface area contributed by atoms with Crippen LogP contribution in [0.2, 0.25) is 0 Å². The zero-order chi connectivity index (χ0) is 16.6. The van der Waals surface area contributed by atoms with Crippen LogP contribution in [0.4, 0.5) is 0 Å². The number of carbonyl (C=O) groups excluding carboxylic acids is 1. The largest absolute Gasteiger partial charge is 0.352 e. The van der Waals surface area contributed by atoms with E-state index in [1.54, 1.807) is 0 Å². The molecule has 120 valence electrons. The molecule has 3 rings (SSSR count). The maximum absolute atomic E-state index is 12.3. The summed E-state index contributed by atoms with van der Waals surface area (Å²) in [6.07, 6.45) is 2.80. The van der Waals surface area contributed by atoms with Crippen LogP contribution in [0.1, 0.15) is 27.3 Å². The molecule has 0 spiro atoms. The first-order valence-electron chi connectivity index (χ1n) is 7.79. The molecule has 1 aromatic carbocycles. The molecule has 3 aromatic rings. The smallest absolute Gasteiger partial charge is 0.251 e. The summed E-state index contributed by atoms with van der Waals surface area (Å²) >= 11 is 0. The average molecular weight is 310 g/mol. The Morgan fingerprint density at radius 1 is 1.22 bits per heavy atom. The zero-order valence-corrected chi connectivity index (χ0v) is 14.1. The van der Waals surface area contributed by atoms with Crippen molar-refractivity contribution in [2.45, 2.75) is 20.3 Å². The third kappa shape index (κ3) is 2.86. The summed E-state index contributed by atoms with van der Waals surface area (Å²) in [5.41, 5.74) is 5.23. The molecule has 0 bridgehead atoms. The minimum atomic E-state index is -0.0325. The summed E-state index contributed by atoms with van der Waals surface area (Å²) in [6.45, 7) is 4.67. The number of aromatic nitrogens is 3. The molecular weight excluding hydrogens is 288 g/mol. The van der Waals surface area contributed by atoms with Crippen LogP contribution in [0.3, 0.4) is 0 Å². The number of fused-ring (bicyclic) bond motifs is 1. The fraction of sp³-hybridized carbons (Fsp3) is 0.333. The van der Waals surface area contributed by atoms with Gasteiger partial charge in [-0.2, -0.15) is 5.10 Å². The number of aryl methyl sites for hydroxylation is 3. The molecule has 5 heteroatoms. The Morgan fingerprint density at radius 2 is 2.00 bits per heavy atom. The van der Waals surface area contributed by atoms with Gasteiger partial charge in [0, 0.05) is 49.0 Å². The highest BCUT2D eigenvalue weighted by atomic mass is 16.1. The fourth-order valence-corrected chi connectivity index (χ4v) is 3.01. The monoisotopic (exact) mass is 310 g/mol. The van der Waals surface area contributed by atoms with Gasteiger partial charge in [0.05, 0.1) is 5.69 Å². The molecule has 0 fully saturated rings. The van der Waals surface area contributed by atoms with Crippen molar-refractivity contribution in [3.8, 4) is 0 Å². The van der Waals surface area contributed by atoms with E-state index in [-0.39, 0.29) is 5.91 Å². The second-order valence-electron chi connectivity index (χ2n) is 5.98. The van der Waals surface area contributed by atoms with Crippen LogP contribution < -0.4 is 5.32 Å². The summed E-state index contributed by atoms with van der Waals surface area (Å²) in [5.74, 6) is -0.0325. The van der Waals surface area contributed by atoms with Crippen molar-refractivity contribution in [3.63, 3.8) is 0 Å². The van der Waals surface area contributed by atoms with Gasteiger partial charge in [-0.25, -0.2) is 0 Å². The van der Waals surface area contributed by atoms with Gasteiger partial charge in [0.1, 0.15) is 0 Å². The Labute approximate surface area is 135 Å². The fourth-order valence-electron chi connectivity index (χ4n) is 3.01. The number of nitrogens with one attached hydrogen (secondary N) is 1. The van der Waals surface area contributed by atoms with Crippen molar-refractivity contribution < 1.29 is 4.79 Å². The van der Waals surface area contributed by atoms with E-state index < -0.39 is 0 Å². The topological polar surface area (TPSA) is 51.9 Å². The number of nitrogens with zero attached hydrogens (tertiary/aromatic N) is 3. The van der Waals surface area contributed by atoms with Crippen molar-refractivity contribution in [1.29, 1.82) is 0 Å². The Bertz CT molecular complexity index is 873. The number of hydrogen-bond donors (Lipinski definition) is 1.